The minimum atomic E-state index is -0.105. The molecule has 146 valence electrons. The molecule has 1 aromatic rings. The van der Waals surface area contributed by atoms with E-state index < -0.39 is 0 Å². The molecule has 2 rings (SSSR count). The zero-order valence-corrected chi connectivity index (χ0v) is 18.1. The number of nitrogens with one attached hydrogen (secondary N) is 1. The summed E-state index contributed by atoms with van der Waals surface area (Å²) >= 11 is 0. The summed E-state index contributed by atoms with van der Waals surface area (Å²) in [6.07, 6.45) is 1.59. The minimum absolute atomic E-state index is 0. The van der Waals surface area contributed by atoms with E-state index in [4.69, 9.17) is 14.5 Å². The summed E-state index contributed by atoms with van der Waals surface area (Å²) in [5.74, 6) is 1.64. The normalized spacial score (nSPS) is 16.4. The molecule has 0 radical (unpaired) electrons. The molecule has 0 aliphatic carbocycles. The SMILES string of the molecule is CCNC(=NCC(C)Oc1ccccc1)N1CCC(C(=O)OC)CC1.I. The van der Waals surface area contributed by atoms with E-state index in [0.29, 0.717) is 6.54 Å². The van der Waals surface area contributed by atoms with Crippen LogP contribution >= 0.6 is 24.0 Å². The van der Waals surface area contributed by atoms with Crippen LogP contribution in [0, 0.1) is 5.92 Å². The molecule has 1 atom stereocenters. The molecule has 1 aliphatic rings. The lowest BCUT2D eigenvalue weighted by Gasteiger charge is -2.33. The van der Waals surface area contributed by atoms with Crippen molar-refractivity contribution in [3.8, 4) is 5.75 Å². The lowest BCUT2D eigenvalue weighted by molar-refractivity contribution is -0.146. The number of esters is 1. The molecular formula is C19H30IN3O3. The monoisotopic (exact) mass is 475 g/mol. The largest absolute Gasteiger partial charge is 0.489 e. The van der Waals surface area contributed by atoms with Gasteiger partial charge >= 0.3 is 5.97 Å². The topological polar surface area (TPSA) is 63.2 Å². The Morgan fingerprint density at radius 2 is 1.96 bits per heavy atom. The Balaban J connectivity index is 0.00000338. The van der Waals surface area contributed by atoms with Crippen molar-refractivity contribution in [2.24, 2.45) is 10.9 Å². The summed E-state index contributed by atoms with van der Waals surface area (Å²) in [7, 11) is 1.45. The van der Waals surface area contributed by atoms with Crippen LogP contribution in [0.1, 0.15) is 26.7 Å². The van der Waals surface area contributed by atoms with Crippen LogP contribution in [0.3, 0.4) is 0 Å². The second kappa shape index (κ2) is 12.0. The minimum Gasteiger partial charge on any atom is -0.489 e. The van der Waals surface area contributed by atoms with E-state index in [2.05, 4.69) is 17.1 Å². The molecule has 1 aromatic carbocycles. The number of piperidine rings is 1. The van der Waals surface area contributed by atoms with E-state index in [9.17, 15) is 4.79 Å². The summed E-state index contributed by atoms with van der Waals surface area (Å²) in [4.78, 5) is 18.6. The second-order valence-corrected chi connectivity index (χ2v) is 6.22. The zero-order chi connectivity index (χ0) is 18.1. The number of aliphatic imine (C=N–C) groups is 1. The lowest BCUT2D eigenvalue weighted by atomic mass is 9.97. The number of halogens is 1. The van der Waals surface area contributed by atoms with Crippen molar-refractivity contribution in [3.05, 3.63) is 30.3 Å². The van der Waals surface area contributed by atoms with Crippen molar-refractivity contribution in [1.29, 1.82) is 0 Å². The third kappa shape index (κ3) is 7.01. The number of para-hydroxylation sites is 1. The molecule has 0 bridgehead atoms. The van der Waals surface area contributed by atoms with Crippen molar-refractivity contribution in [2.75, 3.05) is 33.3 Å². The number of hydrogen-bond donors (Lipinski definition) is 1. The number of guanidine groups is 1. The van der Waals surface area contributed by atoms with Crippen LogP contribution in [-0.4, -0.2) is 56.2 Å². The second-order valence-electron chi connectivity index (χ2n) is 6.22. The molecule has 0 aromatic heterocycles. The van der Waals surface area contributed by atoms with E-state index in [-0.39, 0.29) is 42.0 Å². The number of benzene rings is 1. The van der Waals surface area contributed by atoms with E-state index >= 15 is 0 Å². The maximum atomic E-state index is 11.7. The molecule has 1 aliphatic heterocycles. The third-order valence-corrected chi connectivity index (χ3v) is 4.24. The van der Waals surface area contributed by atoms with E-state index in [1.165, 1.54) is 7.11 Å². The number of nitrogens with zero attached hydrogens (tertiary/aromatic N) is 2. The Labute approximate surface area is 173 Å². The van der Waals surface area contributed by atoms with Gasteiger partial charge in [0.05, 0.1) is 19.6 Å². The van der Waals surface area contributed by atoms with Gasteiger partial charge < -0.3 is 19.7 Å². The van der Waals surface area contributed by atoms with Gasteiger partial charge in [0.1, 0.15) is 11.9 Å². The first-order chi connectivity index (χ1) is 12.1. The summed E-state index contributed by atoms with van der Waals surface area (Å²) < 4.78 is 10.7. The Hall–Kier alpha value is -1.51. The predicted molar refractivity (Wildman–Crippen MR) is 114 cm³/mol. The molecule has 0 amide bonds. The summed E-state index contributed by atoms with van der Waals surface area (Å²) in [5, 5.41) is 3.33. The molecule has 1 fully saturated rings. The molecular weight excluding hydrogens is 445 g/mol. The van der Waals surface area contributed by atoms with Crippen LogP contribution in [-0.2, 0) is 9.53 Å². The third-order valence-electron chi connectivity index (χ3n) is 4.24. The number of hydrogen-bond acceptors (Lipinski definition) is 4. The van der Waals surface area contributed by atoms with Gasteiger partial charge in [-0.1, -0.05) is 18.2 Å². The zero-order valence-electron chi connectivity index (χ0n) is 15.8. The van der Waals surface area contributed by atoms with Gasteiger partial charge in [-0.05, 0) is 38.8 Å². The van der Waals surface area contributed by atoms with Gasteiger partial charge in [0.25, 0.3) is 0 Å². The van der Waals surface area contributed by atoms with Crippen LogP contribution in [0.2, 0.25) is 0 Å². The highest BCUT2D eigenvalue weighted by atomic mass is 127. The summed E-state index contributed by atoms with van der Waals surface area (Å²) in [6.45, 7) is 7.07. The number of carbonyl (C=O) groups excluding carboxylic acids is 1. The van der Waals surface area contributed by atoms with Crippen molar-refractivity contribution >= 4 is 35.9 Å². The van der Waals surface area contributed by atoms with E-state index in [1.807, 2.05) is 37.3 Å². The van der Waals surface area contributed by atoms with Gasteiger partial charge in [-0.15, -0.1) is 24.0 Å². The number of methoxy groups -OCH3 is 1. The van der Waals surface area contributed by atoms with Crippen molar-refractivity contribution in [3.63, 3.8) is 0 Å². The standard InChI is InChI=1S/C19H29N3O3.HI/c1-4-20-19(22-12-10-16(11-13-22)18(23)24-3)21-14-15(2)25-17-8-6-5-7-9-17;/h5-9,15-16H,4,10-14H2,1-3H3,(H,20,21);1H. The van der Waals surface area contributed by atoms with Crippen LogP contribution in [0.4, 0.5) is 0 Å². The maximum absolute atomic E-state index is 11.7. The Kier molecular flexibility index (Phi) is 10.4. The van der Waals surface area contributed by atoms with Crippen LogP contribution in [0.25, 0.3) is 0 Å². The molecule has 1 unspecified atom stereocenters. The average molecular weight is 475 g/mol. The first-order valence-corrected chi connectivity index (χ1v) is 8.96. The lowest BCUT2D eigenvalue weighted by Crippen LogP contribution is -2.47. The number of likely N-dealkylation sites (tertiary alicyclic amines) is 1. The van der Waals surface area contributed by atoms with Gasteiger partial charge in [0.15, 0.2) is 5.96 Å². The Morgan fingerprint density at radius 3 is 2.54 bits per heavy atom. The summed E-state index contributed by atoms with van der Waals surface area (Å²) in [5.41, 5.74) is 0. The molecule has 26 heavy (non-hydrogen) atoms. The molecule has 1 saturated heterocycles. The maximum Gasteiger partial charge on any atom is 0.308 e. The first-order valence-electron chi connectivity index (χ1n) is 8.96. The molecule has 6 nitrogen and oxygen atoms in total. The highest BCUT2D eigenvalue weighted by molar-refractivity contribution is 14.0. The fourth-order valence-electron chi connectivity index (χ4n) is 2.90. The Morgan fingerprint density at radius 1 is 1.31 bits per heavy atom. The number of carbonyl (C=O) groups is 1. The molecule has 0 saturated carbocycles. The van der Waals surface area contributed by atoms with Crippen LogP contribution < -0.4 is 10.1 Å². The van der Waals surface area contributed by atoms with Crippen LogP contribution in [0.15, 0.2) is 35.3 Å². The summed E-state index contributed by atoms with van der Waals surface area (Å²) in [6, 6.07) is 9.78. The number of rotatable bonds is 6. The molecule has 1 N–H and O–H groups in total. The first kappa shape index (κ1) is 22.5. The molecule has 1 heterocycles. The highest BCUT2D eigenvalue weighted by Gasteiger charge is 2.27. The quantitative estimate of drug-likeness (QED) is 0.297. The van der Waals surface area contributed by atoms with Gasteiger partial charge in [-0.2, -0.15) is 0 Å². The molecule has 0 spiro atoms. The van der Waals surface area contributed by atoms with Gasteiger partial charge in [0.2, 0.25) is 0 Å². The van der Waals surface area contributed by atoms with E-state index in [1.54, 1.807) is 0 Å². The van der Waals surface area contributed by atoms with Gasteiger partial charge in [-0.25, -0.2) is 4.99 Å². The Bertz CT molecular complexity index is 560. The molecule has 7 heteroatoms. The highest BCUT2D eigenvalue weighted by Crippen LogP contribution is 2.18. The predicted octanol–water partition coefficient (Wildman–Crippen LogP) is 2.92. The van der Waals surface area contributed by atoms with Gasteiger partial charge in [0, 0.05) is 19.6 Å². The average Bonchev–Trinajstić information content (AvgIpc) is 2.65. The van der Waals surface area contributed by atoms with Gasteiger partial charge in [-0.3, -0.25) is 4.79 Å². The fraction of sp³-hybridized carbons (Fsp3) is 0.579. The van der Waals surface area contributed by atoms with Crippen LogP contribution in [0.5, 0.6) is 5.75 Å². The van der Waals surface area contributed by atoms with E-state index in [0.717, 1.165) is 44.2 Å². The number of ether oxygens (including phenoxy) is 2. The van der Waals surface area contributed by atoms with Crippen molar-refractivity contribution < 1.29 is 14.3 Å². The van der Waals surface area contributed by atoms with Crippen molar-refractivity contribution in [2.45, 2.75) is 32.8 Å². The fourth-order valence-corrected chi connectivity index (χ4v) is 2.90. The van der Waals surface area contributed by atoms with Crippen molar-refractivity contribution in [1.82, 2.24) is 10.2 Å². The smallest absolute Gasteiger partial charge is 0.308 e.